The van der Waals surface area contributed by atoms with E-state index in [0.29, 0.717) is 53.4 Å². The molecule has 0 atom stereocenters. The minimum atomic E-state index is -0.841. The highest BCUT2D eigenvalue weighted by molar-refractivity contribution is 5.71. The lowest BCUT2D eigenvalue weighted by Crippen LogP contribution is -2.27. The van der Waals surface area contributed by atoms with Gasteiger partial charge in [-0.15, -0.1) is 0 Å². The molecule has 0 spiro atoms. The maximum absolute atomic E-state index is 15.0. The van der Waals surface area contributed by atoms with Gasteiger partial charge in [0.15, 0.2) is 17.9 Å². The molecule has 1 aliphatic rings. The van der Waals surface area contributed by atoms with Crippen molar-refractivity contribution in [2.24, 2.45) is 5.92 Å². The second-order valence-corrected chi connectivity index (χ2v) is 9.68. The molecule has 4 rings (SSSR count). The Morgan fingerprint density at radius 1 is 0.722 bits per heavy atom. The zero-order valence-corrected chi connectivity index (χ0v) is 21.2. The van der Waals surface area contributed by atoms with Gasteiger partial charge in [-0.05, 0) is 42.0 Å². The van der Waals surface area contributed by atoms with E-state index in [-0.39, 0.29) is 11.4 Å². The van der Waals surface area contributed by atoms with Crippen molar-refractivity contribution in [3.63, 3.8) is 0 Å². The van der Waals surface area contributed by atoms with Gasteiger partial charge in [0.1, 0.15) is 5.82 Å². The summed E-state index contributed by atoms with van der Waals surface area (Å²) in [5.41, 5.74) is 2.89. The SMILES string of the molecule is CCCCCC1COC(c2ccc(-c3ccc(-c4ccc(CCCC)c(F)c4F)cc3)c(F)c2)OC1. The zero-order valence-electron chi connectivity index (χ0n) is 21.2. The minimum absolute atomic E-state index is 0.203. The molecule has 1 fully saturated rings. The molecule has 1 aliphatic heterocycles. The second-order valence-electron chi connectivity index (χ2n) is 9.68. The van der Waals surface area contributed by atoms with Crippen LogP contribution in [0.5, 0.6) is 0 Å². The molecule has 0 aromatic heterocycles. The minimum Gasteiger partial charge on any atom is -0.348 e. The van der Waals surface area contributed by atoms with Crippen molar-refractivity contribution < 1.29 is 22.6 Å². The van der Waals surface area contributed by atoms with E-state index in [1.165, 1.54) is 25.3 Å². The van der Waals surface area contributed by atoms with Gasteiger partial charge in [0.2, 0.25) is 0 Å². The van der Waals surface area contributed by atoms with Crippen LogP contribution in [0.2, 0.25) is 0 Å². The smallest absolute Gasteiger partial charge is 0.183 e. The first-order chi connectivity index (χ1) is 17.5. The lowest BCUT2D eigenvalue weighted by molar-refractivity contribution is -0.206. The Labute approximate surface area is 212 Å². The number of ether oxygens (including phenoxy) is 2. The molecule has 1 heterocycles. The fourth-order valence-electron chi connectivity index (χ4n) is 4.70. The molecule has 0 saturated carbocycles. The quantitative estimate of drug-likeness (QED) is 0.261. The Morgan fingerprint density at radius 3 is 2.00 bits per heavy atom. The predicted molar refractivity (Wildman–Crippen MR) is 138 cm³/mol. The molecule has 3 aromatic carbocycles. The van der Waals surface area contributed by atoms with Crippen LogP contribution in [-0.2, 0) is 15.9 Å². The first-order valence-electron chi connectivity index (χ1n) is 13.1. The third kappa shape index (κ3) is 6.19. The summed E-state index contributed by atoms with van der Waals surface area (Å²) in [6.07, 6.45) is 6.35. The van der Waals surface area contributed by atoms with E-state index in [2.05, 4.69) is 6.92 Å². The Hall–Kier alpha value is -2.63. The number of hydrogen-bond donors (Lipinski definition) is 0. The van der Waals surface area contributed by atoms with E-state index in [0.717, 1.165) is 19.3 Å². The maximum atomic E-state index is 15.0. The van der Waals surface area contributed by atoms with E-state index in [1.54, 1.807) is 42.5 Å². The van der Waals surface area contributed by atoms with Crippen molar-refractivity contribution in [1.82, 2.24) is 0 Å². The van der Waals surface area contributed by atoms with E-state index in [4.69, 9.17) is 9.47 Å². The van der Waals surface area contributed by atoms with E-state index in [1.807, 2.05) is 13.0 Å². The van der Waals surface area contributed by atoms with Crippen LogP contribution in [0.1, 0.15) is 69.8 Å². The van der Waals surface area contributed by atoms with Gasteiger partial charge >= 0.3 is 0 Å². The van der Waals surface area contributed by atoms with Crippen LogP contribution in [-0.4, -0.2) is 13.2 Å². The summed E-state index contributed by atoms with van der Waals surface area (Å²) >= 11 is 0. The molecule has 1 saturated heterocycles. The summed E-state index contributed by atoms with van der Waals surface area (Å²) in [6, 6.07) is 15.1. The third-order valence-electron chi connectivity index (χ3n) is 6.92. The van der Waals surface area contributed by atoms with E-state index < -0.39 is 17.9 Å². The molecule has 192 valence electrons. The van der Waals surface area contributed by atoms with Crippen LogP contribution in [0.15, 0.2) is 54.6 Å². The van der Waals surface area contributed by atoms with Crippen LogP contribution in [0.3, 0.4) is 0 Å². The van der Waals surface area contributed by atoms with Crippen molar-refractivity contribution in [2.75, 3.05) is 13.2 Å². The monoisotopic (exact) mass is 496 g/mol. The number of aryl methyl sites for hydroxylation is 1. The summed E-state index contributed by atoms with van der Waals surface area (Å²) in [5.74, 6) is -1.62. The topological polar surface area (TPSA) is 18.5 Å². The average Bonchev–Trinajstić information content (AvgIpc) is 2.90. The molecule has 0 amide bonds. The molecule has 2 nitrogen and oxygen atoms in total. The molecule has 0 N–H and O–H groups in total. The van der Waals surface area contributed by atoms with Gasteiger partial charge in [-0.2, -0.15) is 0 Å². The summed E-state index contributed by atoms with van der Waals surface area (Å²) in [7, 11) is 0. The first kappa shape index (κ1) is 26.4. The zero-order chi connectivity index (χ0) is 25.5. The first-order valence-corrected chi connectivity index (χ1v) is 13.1. The lowest BCUT2D eigenvalue weighted by Gasteiger charge is -2.29. The highest BCUT2D eigenvalue weighted by Gasteiger charge is 2.24. The predicted octanol–water partition coefficient (Wildman–Crippen LogP) is 9.02. The normalized spacial score (nSPS) is 17.9. The van der Waals surface area contributed by atoms with Crippen LogP contribution in [0, 0.1) is 23.4 Å². The highest BCUT2D eigenvalue weighted by Crippen LogP contribution is 2.33. The average molecular weight is 497 g/mol. The van der Waals surface area contributed by atoms with Crippen LogP contribution in [0.25, 0.3) is 22.3 Å². The van der Waals surface area contributed by atoms with Crippen LogP contribution in [0.4, 0.5) is 13.2 Å². The van der Waals surface area contributed by atoms with Crippen molar-refractivity contribution in [2.45, 2.75) is 65.1 Å². The number of benzene rings is 3. The van der Waals surface area contributed by atoms with Crippen molar-refractivity contribution in [3.8, 4) is 22.3 Å². The fourth-order valence-corrected chi connectivity index (χ4v) is 4.70. The third-order valence-corrected chi connectivity index (χ3v) is 6.92. The Morgan fingerprint density at radius 2 is 1.36 bits per heavy atom. The number of rotatable bonds is 10. The van der Waals surface area contributed by atoms with Crippen LogP contribution < -0.4 is 0 Å². The molecular weight excluding hydrogens is 461 g/mol. The number of hydrogen-bond acceptors (Lipinski definition) is 2. The Kier molecular flexibility index (Phi) is 9.22. The summed E-state index contributed by atoms with van der Waals surface area (Å²) in [5, 5.41) is 0. The lowest BCUT2D eigenvalue weighted by atomic mass is 9.97. The Balaban J connectivity index is 1.44. The van der Waals surface area contributed by atoms with Crippen molar-refractivity contribution >= 4 is 0 Å². The molecule has 3 aromatic rings. The molecule has 0 unspecified atom stereocenters. The number of halogens is 3. The van der Waals surface area contributed by atoms with E-state index in [9.17, 15) is 8.78 Å². The van der Waals surface area contributed by atoms with Gasteiger partial charge in [0, 0.05) is 22.6 Å². The molecule has 36 heavy (non-hydrogen) atoms. The van der Waals surface area contributed by atoms with Gasteiger partial charge in [-0.3, -0.25) is 0 Å². The van der Waals surface area contributed by atoms with Crippen molar-refractivity contribution in [3.05, 3.63) is 83.2 Å². The van der Waals surface area contributed by atoms with Crippen molar-refractivity contribution in [1.29, 1.82) is 0 Å². The molecule has 0 radical (unpaired) electrons. The van der Waals surface area contributed by atoms with Gasteiger partial charge in [-0.1, -0.05) is 88.1 Å². The Bertz CT molecular complexity index is 1140. The molecule has 0 bridgehead atoms. The molecule has 0 aliphatic carbocycles. The van der Waals surface area contributed by atoms with Gasteiger partial charge < -0.3 is 9.47 Å². The summed E-state index contributed by atoms with van der Waals surface area (Å²) in [4.78, 5) is 0. The standard InChI is InChI=1S/C31H35F3O2/c1-3-5-7-8-21-19-35-31(36-20-21)25-15-16-26(28(32)18-25)22-10-12-23(13-11-22)27-17-14-24(9-6-4-2)29(33)30(27)34/h10-18,21,31H,3-9,19-20H2,1-2H3. The molecule has 5 heteroatoms. The summed E-state index contributed by atoms with van der Waals surface area (Å²) < 4.78 is 56.0. The summed E-state index contributed by atoms with van der Waals surface area (Å²) in [6.45, 7) is 5.44. The molecular formula is C31H35F3O2. The van der Waals surface area contributed by atoms with Gasteiger partial charge in [-0.25, -0.2) is 13.2 Å². The van der Waals surface area contributed by atoms with Crippen LogP contribution >= 0.6 is 0 Å². The van der Waals surface area contributed by atoms with Gasteiger partial charge in [0.25, 0.3) is 0 Å². The fraction of sp³-hybridized carbons (Fsp3) is 0.419. The van der Waals surface area contributed by atoms with E-state index >= 15 is 4.39 Å². The van der Waals surface area contributed by atoms with Gasteiger partial charge in [0.05, 0.1) is 13.2 Å². The maximum Gasteiger partial charge on any atom is 0.183 e. The largest absolute Gasteiger partial charge is 0.348 e. The number of unbranched alkanes of at least 4 members (excludes halogenated alkanes) is 3. The highest BCUT2D eigenvalue weighted by atomic mass is 19.2. The second kappa shape index (κ2) is 12.6.